The van der Waals surface area contributed by atoms with E-state index in [0.29, 0.717) is 16.5 Å². The summed E-state index contributed by atoms with van der Waals surface area (Å²) in [6.07, 6.45) is 0. The molecule has 1 heterocycles. The van der Waals surface area contributed by atoms with E-state index in [0.717, 1.165) is 27.9 Å². The highest BCUT2D eigenvalue weighted by molar-refractivity contribution is 6.06. The Labute approximate surface area is 129 Å². The van der Waals surface area contributed by atoms with Crippen LogP contribution in [0.2, 0.25) is 0 Å². The van der Waals surface area contributed by atoms with Gasteiger partial charge in [0.1, 0.15) is 0 Å². The van der Waals surface area contributed by atoms with E-state index in [2.05, 4.69) is 0 Å². The lowest BCUT2D eigenvalue weighted by Gasteiger charge is -2.14. The molecule has 0 radical (unpaired) electrons. The third kappa shape index (κ3) is 2.15. The van der Waals surface area contributed by atoms with E-state index in [9.17, 15) is 9.90 Å². The van der Waals surface area contributed by atoms with Crippen molar-refractivity contribution >= 4 is 16.9 Å². The molecule has 0 aliphatic carbocycles. The number of aromatic carboxylic acids is 1. The van der Waals surface area contributed by atoms with Gasteiger partial charge in [0, 0.05) is 10.9 Å². The largest absolute Gasteiger partial charge is 0.478 e. The first kappa shape index (κ1) is 14.3. The van der Waals surface area contributed by atoms with E-state index in [1.54, 1.807) is 0 Å². The third-order valence-corrected chi connectivity index (χ3v) is 4.19. The summed E-state index contributed by atoms with van der Waals surface area (Å²) in [4.78, 5) is 16.6. The van der Waals surface area contributed by atoms with Gasteiger partial charge in [0.25, 0.3) is 0 Å². The van der Waals surface area contributed by atoms with Crippen LogP contribution in [0.1, 0.15) is 27.0 Å². The molecule has 3 aromatic rings. The number of nitrogens with zero attached hydrogens (tertiary/aromatic N) is 1. The maximum Gasteiger partial charge on any atom is 0.336 e. The Balaban J connectivity index is 2.47. The molecule has 0 unspecified atom stereocenters. The molecule has 0 saturated carbocycles. The molecule has 0 bridgehead atoms. The van der Waals surface area contributed by atoms with E-state index >= 15 is 0 Å². The lowest BCUT2D eigenvalue weighted by Crippen LogP contribution is -2.06. The smallest absolute Gasteiger partial charge is 0.336 e. The minimum absolute atomic E-state index is 0.340. The zero-order valence-corrected chi connectivity index (χ0v) is 12.8. The van der Waals surface area contributed by atoms with Crippen molar-refractivity contribution in [2.45, 2.75) is 20.8 Å². The van der Waals surface area contributed by atoms with Crippen molar-refractivity contribution in [1.82, 2.24) is 4.98 Å². The molecule has 0 aliphatic rings. The van der Waals surface area contributed by atoms with Crippen molar-refractivity contribution in [2.75, 3.05) is 0 Å². The van der Waals surface area contributed by atoms with Crippen LogP contribution >= 0.6 is 0 Å². The third-order valence-electron chi connectivity index (χ3n) is 4.19. The van der Waals surface area contributed by atoms with E-state index < -0.39 is 5.97 Å². The van der Waals surface area contributed by atoms with Crippen molar-refractivity contribution in [3.8, 4) is 11.3 Å². The molecule has 22 heavy (non-hydrogen) atoms. The average Bonchev–Trinajstić information content (AvgIpc) is 2.51. The minimum Gasteiger partial charge on any atom is -0.478 e. The Morgan fingerprint density at radius 1 is 0.955 bits per heavy atom. The first-order valence-electron chi connectivity index (χ1n) is 7.20. The molecule has 0 amide bonds. The van der Waals surface area contributed by atoms with Gasteiger partial charge in [-0.3, -0.25) is 0 Å². The molecule has 1 aromatic heterocycles. The summed E-state index contributed by atoms with van der Waals surface area (Å²) in [7, 11) is 0. The second-order valence-corrected chi connectivity index (χ2v) is 5.54. The standard InChI is InChI=1S/C19H17NO2/c1-11-9-10-15-16(19(21)22)13(3)17(20-18(15)12(11)2)14-7-5-4-6-8-14/h4-10H,1-3H3,(H,21,22). The molecule has 110 valence electrons. The molecular formula is C19H17NO2. The number of carboxylic acid groups (broad SMARTS) is 1. The van der Waals surface area contributed by atoms with Crippen molar-refractivity contribution in [2.24, 2.45) is 0 Å². The first-order valence-corrected chi connectivity index (χ1v) is 7.20. The van der Waals surface area contributed by atoms with Gasteiger partial charge < -0.3 is 5.11 Å². The van der Waals surface area contributed by atoms with Crippen molar-refractivity contribution in [1.29, 1.82) is 0 Å². The zero-order chi connectivity index (χ0) is 15.9. The van der Waals surface area contributed by atoms with Crippen molar-refractivity contribution < 1.29 is 9.90 Å². The number of rotatable bonds is 2. The van der Waals surface area contributed by atoms with Crippen LogP contribution in [0.5, 0.6) is 0 Å². The van der Waals surface area contributed by atoms with Crippen molar-refractivity contribution in [3.05, 3.63) is 64.7 Å². The molecule has 3 rings (SSSR count). The number of carboxylic acids is 1. The second kappa shape index (κ2) is 5.26. The number of pyridine rings is 1. The highest BCUT2D eigenvalue weighted by atomic mass is 16.4. The van der Waals surface area contributed by atoms with Gasteiger partial charge in [-0.05, 0) is 37.5 Å². The molecule has 0 saturated heterocycles. The van der Waals surface area contributed by atoms with Crippen LogP contribution in [-0.4, -0.2) is 16.1 Å². The number of aryl methyl sites for hydroxylation is 2. The predicted molar refractivity (Wildman–Crippen MR) is 88.3 cm³/mol. The summed E-state index contributed by atoms with van der Waals surface area (Å²) in [6, 6.07) is 13.5. The molecule has 2 aromatic carbocycles. The molecule has 0 atom stereocenters. The monoisotopic (exact) mass is 291 g/mol. The quantitative estimate of drug-likeness (QED) is 0.755. The van der Waals surface area contributed by atoms with Gasteiger partial charge in [0.05, 0.1) is 16.8 Å². The fourth-order valence-electron chi connectivity index (χ4n) is 2.82. The minimum atomic E-state index is -0.912. The number of carbonyl (C=O) groups is 1. The molecule has 0 spiro atoms. The Bertz CT molecular complexity index is 883. The summed E-state index contributed by atoms with van der Waals surface area (Å²) in [5.74, 6) is -0.912. The van der Waals surface area contributed by atoms with E-state index in [1.165, 1.54) is 0 Å². The highest BCUT2D eigenvalue weighted by Crippen LogP contribution is 2.31. The summed E-state index contributed by atoms with van der Waals surface area (Å²) in [5, 5.41) is 10.4. The average molecular weight is 291 g/mol. The van der Waals surface area contributed by atoms with Crippen molar-refractivity contribution in [3.63, 3.8) is 0 Å². The Morgan fingerprint density at radius 3 is 2.27 bits per heavy atom. The van der Waals surface area contributed by atoms with E-state index in [1.807, 2.05) is 63.2 Å². The normalized spacial score (nSPS) is 10.9. The highest BCUT2D eigenvalue weighted by Gasteiger charge is 2.19. The molecule has 0 fully saturated rings. The van der Waals surface area contributed by atoms with Crippen LogP contribution < -0.4 is 0 Å². The maximum atomic E-state index is 11.8. The summed E-state index contributed by atoms with van der Waals surface area (Å²) >= 11 is 0. The molecule has 0 aliphatic heterocycles. The lowest BCUT2D eigenvalue weighted by molar-refractivity contribution is 0.0698. The van der Waals surface area contributed by atoms with Gasteiger partial charge in [0.2, 0.25) is 0 Å². The van der Waals surface area contributed by atoms with Gasteiger partial charge in [-0.15, -0.1) is 0 Å². The number of hydrogen-bond acceptors (Lipinski definition) is 2. The number of hydrogen-bond donors (Lipinski definition) is 1. The summed E-state index contributed by atoms with van der Waals surface area (Å²) in [6.45, 7) is 5.83. The Kier molecular flexibility index (Phi) is 3.41. The van der Waals surface area contributed by atoms with Gasteiger partial charge in [0.15, 0.2) is 0 Å². The van der Waals surface area contributed by atoms with Gasteiger partial charge in [-0.25, -0.2) is 9.78 Å². The van der Waals surface area contributed by atoms with Gasteiger partial charge >= 0.3 is 5.97 Å². The molecule has 3 heteroatoms. The topological polar surface area (TPSA) is 50.2 Å². The fourth-order valence-corrected chi connectivity index (χ4v) is 2.82. The Hall–Kier alpha value is -2.68. The summed E-state index contributed by atoms with van der Waals surface area (Å²) in [5.41, 5.74) is 5.61. The maximum absolute atomic E-state index is 11.8. The second-order valence-electron chi connectivity index (χ2n) is 5.54. The molecular weight excluding hydrogens is 274 g/mol. The van der Waals surface area contributed by atoms with Gasteiger partial charge in [-0.1, -0.05) is 42.5 Å². The molecule has 3 nitrogen and oxygen atoms in total. The van der Waals surface area contributed by atoms with Crippen LogP contribution in [0.25, 0.3) is 22.2 Å². The van der Waals surface area contributed by atoms with Gasteiger partial charge in [-0.2, -0.15) is 0 Å². The molecule has 1 N–H and O–H groups in total. The number of fused-ring (bicyclic) bond motifs is 1. The predicted octanol–water partition coefficient (Wildman–Crippen LogP) is 4.53. The van der Waals surface area contributed by atoms with E-state index in [-0.39, 0.29) is 0 Å². The Morgan fingerprint density at radius 2 is 1.64 bits per heavy atom. The van der Waals surface area contributed by atoms with Crippen LogP contribution in [0, 0.1) is 20.8 Å². The lowest BCUT2D eigenvalue weighted by atomic mass is 9.95. The first-order chi connectivity index (χ1) is 10.5. The van der Waals surface area contributed by atoms with Crippen LogP contribution in [0.4, 0.5) is 0 Å². The summed E-state index contributed by atoms with van der Waals surface area (Å²) < 4.78 is 0. The zero-order valence-electron chi connectivity index (χ0n) is 12.8. The fraction of sp³-hybridized carbons (Fsp3) is 0.158. The number of benzene rings is 2. The van der Waals surface area contributed by atoms with Crippen LogP contribution in [0.3, 0.4) is 0 Å². The number of aromatic nitrogens is 1. The SMILES string of the molecule is Cc1ccc2c(C(=O)O)c(C)c(-c3ccccc3)nc2c1C. The van der Waals surface area contributed by atoms with E-state index in [4.69, 9.17) is 4.98 Å². The van der Waals surface area contributed by atoms with Crippen LogP contribution in [-0.2, 0) is 0 Å². The van der Waals surface area contributed by atoms with Crippen LogP contribution in [0.15, 0.2) is 42.5 Å².